The van der Waals surface area contributed by atoms with E-state index in [4.69, 9.17) is 9.47 Å². The summed E-state index contributed by atoms with van der Waals surface area (Å²) in [6, 6.07) is 10.1. The van der Waals surface area contributed by atoms with Crippen LogP contribution in [0.4, 0.5) is 0 Å². The molecule has 0 saturated carbocycles. The summed E-state index contributed by atoms with van der Waals surface area (Å²) in [5.41, 5.74) is 1.03. The fourth-order valence-electron chi connectivity index (χ4n) is 2.04. The Hall–Kier alpha value is -1.96. The van der Waals surface area contributed by atoms with Gasteiger partial charge in [0.25, 0.3) is 0 Å². The highest BCUT2D eigenvalue weighted by molar-refractivity contribution is 5.96. The number of hydrogen-bond donors (Lipinski definition) is 0. The topological polar surface area (TPSA) is 18.5 Å². The maximum Gasteiger partial charge on any atom is 0.134 e. The average Bonchev–Trinajstić information content (AvgIpc) is 2.38. The number of methoxy groups -OCH3 is 2. The van der Waals surface area contributed by atoms with Gasteiger partial charge in [-0.05, 0) is 13.0 Å². The van der Waals surface area contributed by atoms with Crippen LogP contribution in [0, 0.1) is 0 Å². The molecule has 0 unspecified atom stereocenters. The van der Waals surface area contributed by atoms with Gasteiger partial charge >= 0.3 is 0 Å². The Morgan fingerprint density at radius 1 is 1.00 bits per heavy atom. The normalized spacial score (nSPS) is 11.0. The summed E-state index contributed by atoms with van der Waals surface area (Å²) in [6.07, 6.45) is 4.01. The summed E-state index contributed by atoms with van der Waals surface area (Å²) in [7, 11) is 3.38. The monoisotopic (exact) mass is 228 g/mol. The van der Waals surface area contributed by atoms with Crippen LogP contribution in [0.1, 0.15) is 12.5 Å². The molecule has 0 aliphatic carbocycles. The second-order valence-corrected chi connectivity index (χ2v) is 3.75. The number of fused-ring (bicyclic) bond motifs is 1. The van der Waals surface area contributed by atoms with Crippen LogP contribution in [0.3, 0.4) is 0 Å². The zero-order valence-electron chi connectivity index (χ0n) is 10.4. The number of benzene rings is 2. The van der Waals surface area contributed by atoms with E-state index in [9.17, 15) is 0 Å². The minimum absolute atomic E-state index is 0.870. The van der Waals surface area contributed by atoms with E-state index in [-0.39, 0.29) is 0 Å². The molecule has 0 spiro atoms. The van der Waals surface area contributed by atoms with Crippen molar-refractivity contribution in [3.05, 3.63) is 42.0 Å². The third-order valence-electron chi connectivity index (χ3n) is 2.76. The Bertz CT molecular complexity index is 556. The minimum atomic E-state index is 0.870. The lowest BCUT2D eigenvalue weighted by Gasteiger charge is -2.12. The number of ether oxygens (including phenoxy) is 2. The summed E-state index contributed by atoms with van der Waals surface area (Å²) >= 11 is 0. The van der Waals surface area contributed by atoms with Gasteiger partial charge in [0.1, 0.15) is 11.5 Å². The lowest BCUT2D eigenvalue weighted by atomic mass is 10.0. The highest BCUT2D eigenvalue weighted by Gasteiger charge is 2.10. The van der Waals surface area contributed by atoms with Crippen LogP contribution in [0.15, 0.2) is 36.4 Å². The maximum atomic E-state index is 5.50. The van der Waals surface area contributed by atoms with Crippen LogP contribution in [-0.4, -0.2) is 14.2 Å². The van der Waals surface area contributed by atoms with Crippen molar-refractivity contribution in [2.75, 3.05) is 14.2 Å². The van der Waals surface area contributed by atoms with Gasteiger partial charge in [-0.3, -0.25) is 0 Å². The lowest BCUT2D eigenvalue weighted by Crippen LogP contribution is -1.92. The number of hydrogen-bond acceptors (Lipinski definition) is 2. The molecule has 2 heteroatoms. The second-order valence-electron chi connectivity index (χ2n) is 3.75. The standard InChI is InChI=1S/C15H16O2/c1-4-7-11-10-14(16-2)12-8-5-6-9-13(12)15(11)17-3/h4-10H,1-3H3/b7-4+. The molecule has 0 heterocycles. The summed E-state index contributed by atoms with van der Waals surface area (Å²) in [5, 5.41) is 2.14. The van der Waals surface area contributed by atoms with E-state index in [0.29, 0.717) is 0 Å². The largest absolute Gasteiger partial charge is 0.496 e. The highest BCUT2D eigenvalue weighted by Crippen LogP contribution is 2.37. The van der Waals surface area contributed by atoms with Crippen molar-refractivity contribution in [2.45, 2.75) is 6.92 Å². The zero-order chi connectivity index (χ0) is 12.3. The van der Waals surface area contributed by atoms with Gasteiger partial charge in [0.2, 0.25) is 0 Å². The van der Waals surface area contributed by atoms with Crippen LogP contribution in [0.2, 0.25) is 0 Å². The Labute approximate surface area is 101 Å². The highest BCUT2D eigenvalue weighted by atomic mass is 16.5. The van der Waals surface area contributed by atoms with Gasteiger partial charge in [0, 0.05) is 16.3 Å². The third-order valence-corrected chi connectivity index (χ3v) is 2.76. The first-order valence-electron chi connectivity index (χ1n) is 5.58. The molecule has 0 aliphatic rings. The third kappa shape index (κ3) is 1.98. The van der Waals surface area contributed by atoms with E-state index >= 15 is 0 Å². The molecule has 17 heavy (non-hydrogen) atoms. The second kappa shape index (κ2) is 4.91. The molecule has 0 aliphatic heterocycles. The van der Waals surface area contributed by atoms with Crippen molar-refractivity contribution in [1.29, 1.82) is 0 Å². The molecule has 0 saturated heterocycles. The molecule has 0 bridgehead atoms. The quantitative estimate of drug-likeness (QED) is 0.793. The Morgan fingerprint density at radius 2 is 1.71 bits per heavy atom. The van der Waals surface area contributed by atoms with Gasteiger partial charge in [-0.1, -0.05) is 36.4 Å². The molecule has 0 aromatic heterocycles. The Balaban J connectivity index is 2.83. The maximum absolute atomic E-state index is 5.50. The van der Waals surface area contributed by atoms with E-state index in [1.54, 1.807) is 14.2 Å². The van der Waals surface area contributed by atoms with Crippen molar-refractivity contribution in [3.8, 4) is 11.5 Å². The summed E-state index contributed by atoms with van der Waals surface area (Å²) in [5.74, 6) is 1.76. The van der Waals surface area contributed by atoms with E-state index in [2.05, 4.69) is 0 Å². The number of allylic oxidation sites excluding steroid dienone is 1. The van der Waals surface area contributed by atoms with Crippen molar-refractivity contribution in [3.63, 3.8) is 0 Å². The molecule has 0 N–H and O–H groups in total. The van der Waals surface area contributed by atoms with Crippen LogP contribution in [0.25, 0.3) is 16.8 Å². The van der Waals surface area contributed by atoms with Crippen LogP contribution in [0.5, 0.6) is 11.5 Å². The molecular weight excluding hydrogens is 212 g/mol. The van der Waals surface area contributed by atoms with Crippen LogP contribution in [-0.2, 0) is 0 Å². The molecule has 0 fully saturated rings. The van der Waals surface area contributed by atoms with Crippen LogP contribution >= 0.6 is 0 Å². The Kier molecular flexibility index (Phi) is 3.33. The molecular formula is C15H16O2. The van der Waals surface area contributed by atoms with E-state index in [1.165, 1.54) is 0 Å². The predicted octanol–water partition coefficient (Wildman–Crippen LogP) is 3.89. The van der Waals surface area contributed by atoms with Gasteiger partial charge in [-0.25, -0.2) is 0 Å². The SMILES string of the molecule is C/C=C/c1cc(OC)c2ccccc2c1OC. The summed E-state index contributed by atoms with van der Waals surface area (Å²) in [6.45, 7) is 1.99. The van der Waals surface area contributed by atoms with E-state index in [0.717, 1.165) is 27.8 Å². The molecule has 2 rings (SSSR count). The summed E-state index contributed by atoms with van der Waals surface area (Å²) < 4.78 is 10.9. The average molecular weight is 228 g/mol. The van der Waals surface area contributed by atoms with Gasteiger partial charge < -0.3 is 9.47 Å². The van der Waals surface area contributed by atoms with E-state index in [1.807, 2.05) is 49.4 Å². The van der Waals surface area contributed by atoms with Gasteiger partial charge in [-0.2, -0.15) is 0 Å². The van der Waals surface area contributed by atoms with Crippen LogP contribution < -0.4 is 9.47 Å². The zero-order valence-corrected chi connectivity index (χ0v) is 10.4. The molecule has 2 aromatic carbocycles. The molecule has 0 radical (unpaired) electrons. The summed E-state index contributed by atoms with van der Waals surface area (Å²) in [4.78, 5) is 0. The first-order chi connectivity index (χ1) is 8.31. The lowest BCUT2D eigenvalue weighted by molar-refractivity contribution is 0.409. The molecule has 0 amide bonds. The smallest absolute Gasteiger partial charge is 0.134 e. The molecule has 88 valence electrons. The van der Waals surface area contributed by atoms with Crippen molar-refractivity contribution < 1.29 is 9.47 Å². The van der Waals surface area contributed by atoms with Crippen molar-refractivity contribution in [1.82, 2.24) is 0 Å². The molecule has 2 aromatic rings. The van der Waals surface area contributed by atoms with Gasteiger partial charge in [0.15, 0.2) is 0 Å². The molecule has 0 atom stereocenters. The Morgan fingerprint density at radius 3 is 2.29 bits per heavy atom. The minimum Gasteiger partial charge on any atom is -0.496 e. The first kappa shape index (κ1) is 11.5. The number of rotatable bonds is 3. The van der Waals surface area contributed by atoms with Crippen molar-refractivity contribution in [2.24, 2.45) is 0 Å². The first-order valence-corrected chi connectivity index (χ1v) is 5.58. The fraction of sp³-hybridized carbons (Fsp3) is 0.200. The fourth-order valence-corrected chi connectivity index (χ4v) is 2.04. The van der Waals surface area contributed by atoms with Crippen molar-refractivity contribution >= 4 is 16.8 Å². The van der Waals surface area contributed by atoms with Gasteiger partial charge in [0.05, 0.1) is 14.2 Å². The van der Waals surface area contributed by atoms with E-state index < -0.39 is 0 Å². The molecule has 2 nitrogen and oxygen atoms in total. The van der Waals surface area contributed by atoms with Gasteiger partial charge in [-0.15, -0.1) is 0 Å². The predicted molar refractivity (Wildman–Crippen MR) is 71.8 cm³/mol.